The zero-order valence-electron chi connectivity index (χ0n) is 38.7. The lowest BCUT2D eigenvalue weighted by Crippen LogP contribution is -2.53. The van der Waals surface area contributed by atoms with Crippen LogP contribution in [0.5, 0.6) is 0 Å². The summed E-state index contributed by atoms with van der Waals surface area (Å²) < 4.78 is 21.5. The monoisotopic (exact) mass is 934 g/mol. The minimum absolute atomic E-state index is 0.0325. The van der Waals surface area contributed by atoms with E-state index in [0.717, 1.165) is 75.9 Å². The van der Waals surface area contributed by atoms with E-state index in [9.17, 15) is 19.2 Å². The molecule has 16 nitrogen and oxygen atoms in total. The number of amides is 4. The quantitative estimate of drug-likeness (QED) is 0.0926. The van der Waals surface area contributed by atoms with Crippen LogP contribution in [-0.2, 0) is 28.5 Å². The second kappa shape index (κ2) is 20.7. The Kier molecular flexibility index (Phi) is 13.7. The molecule has 4 aromatic carbocycles. The maximum atomic E-state index is 14.3. The van der Waals surface area contributed by atoms with E-state index in [2.05, 4.69) is 81.3 Å². The Balaban J connectivity index is 0.797. The normalized spacial score (nSPS) is 19.8. The number of carbonyl (C=O) groups is 4. The first-order valence-corrected chi connectivity index (χ1v) is 24.2. The molecule has 69 heavy (non-hydrogen) atoms. The van der Waals surface area contributed by atoms with Gasteiger partial charge in [0.25, 0.3) is 5.91 Å². The highest BCUT2D eigenvalue weighted by atomic mass is 16.6. The third kappa shape index (κ3) is 10.1. The molecule has 4 aliphatic heterocycles. The highest BCUT2D eigenvalue weighted by molar-refractivity contribution is 5.91. The smallest absolute Gasteiger partial charge is 0.408 e. The first-order valence-electron chi connectivity index (χ1n) is 24.2. The van der Waals surface area contributed by atoms with Gasteiger partial charge in [0.1, 0.15) is 29.8 Å². The van der Waals surface area contributed by atoms with Crippen LogP contribution in [0, 0.1) is 5.92 Å². The Morgan fingerprint density at radius 2 is 1.30 bits per heavy atom. The van der Waals surface area contributed by atoms with Gasteiger partial charge in [0, 0.05) is 50.9 Å². The molecule has 0 aliphatic carbocycles. The van der Waals surface area contributed by atoms with E-state index >= 15 is 0 Å². The van der Waals surface area contributed by atoms with Gasteiger partial charge in [-0.1, -0.05) is 78.9 Å². The number of likely N-dealkylation sites (tertiary alicyclic amines) is 2. The highest BCUT2D eigenvalue weighted by Crippen LogP contribution is 2.37. The van der Waals surface area contributed by atoms with Gasteiger partial charge in [0.15, 0.2) is 0 Å². The third-order valence-electron chi connectivity index (χ3n) is 14.1. The first kappa shape index (κ1) is 45.7. The number of benzene rings is 4. The maximum Gasteiger partial charge on any atom is 0.408 e. The largest absolute Gasteiger partial charge is 0.453 e. The molecule has 4 N–H and O–H groups in total. The van der Waals surface area contributed by atoms with Gasteiger partial charge in [0.2, 0.25) is 5.91 Å². The van der Waals surface area contributed by atoms with Crippen molar-refractivity contribution in [2.24, 2.45) is 5.92 Å². The Hall–Kier alpha value is -7.04. The molecule has 0 bridgehead atoms. The number of hydrogen-bond donors (Lipinski definition) is 4. The molecular formula is C53H58N8O8. The lowest BCUT2D eigenvalue weighted by atomic mass is 9.90. The van der Waals surface area contributed by atoms with Crippen molar-refractivity contribution in [2.45, 2.75) is 81.6 Å². The summed E-state index contributed by atoms with van der Waals surface area (Å²) in [4.78, 5) is 74.1. The summed E-state index contributed by atoms with van der Waals surface area (Å²) in [7, 11) is 1.31. The van der Waals surface area contributed by atoms with Crippen LogP contribution in [0.4, 0.5) is 9.59 Å². The second-order valence-corrected chi connectivity index (χ2v) is 18.4. The average molecular weight is 935 g/mol. The summed E-state index contributed by atoms with van der Waals surface area (Å²) in [6.45, 7) is 3.33. The van der Waals surface area contributed by atoms with Gasteiger partial charge in [-0.15, -0.1) is 0 Å². The number of aromatic amines is 2. The Labute approximate surface area is 400 Å². The standard InChI is InChI=1S/C53H58N8O8/c1-66-52(64)58-47(36-19-25-67-26-20-36)51(63)61-24-6-10-45(61)49-55-32-43(57-49)40-18-17-38-29-37(15-16-39(38)30-40)33-11-13-34(14-12-33)42-31-54-48(56-42)44-9-5-23-60(44)50(62)46(35-7-3-2-4-8-35)59-53(65)69-41-21-27-68-28-22-41/h2-4,7-8,11-18,29-32,36,41,44-47H,5-6,9-10,19-28H2,1H3,(H,54,56)(H,55,57)(H,58,64)(H,59,65)/t44-,45?,46+,47-/m0/s1. The van der Waals surface area contributed by atoms with Crippen molar-refractivity contribution in [1.29, 1.82) is 0 Å². The lowest BCUT2D eigenvalue weighted by molar-refractivity contribution is -0.137. The molecule has 4 amide bonds. The molecule has 0 spiro atoms. The number of hydrogen-bond acceptors (Lipinski definition) is 10. The SMILES string of the molecule is COC(=O)N[C@H](C(=O)N1CCCC1c1nc(-c2ccc3cc(-c4ccc(-c5cnc([C@@H]6CCCN6C(=O)[C@H](NC(=O)OC6CCOCC6)c6ccccc6)[nH]5)cc4)ccc3c2)c[nH]1)C1CCOCC1. The average Bonchev–Trinajstić information content (AvgIpc) is 4.26. The molecule has 16 heteroatoms. The number of carbonyl (C=O) groups excluding carboxylic acids is 4. The minimum atomic E-state index is -0.905. The zero-order valence-corrected chi connectivity index (χ0v) is 38.7. The van der Waals surface area contributed by atoms with Gasteiger partial charge in [-0.3, -0.25) is 9.59 Å². The van der Waals surface area contributed by atoms with Gasteiger partial charge >= 0.3 is 12.2 Å². The first-order chi connectivity index (χ1) is 33.8. The van der Waals surface area contributed by atoms with Crippen molar-refractivity contribution in [2.75, 3.05) is 46.6 Å². The molecule has 10 rings (SSSR count). The van der Waals surface area contributed by atoms with E-state index < -0.39 is 24.3 Å². The summed E-state index contributed by atoms with van der Waals surface area (Å²) in [6.07, 6.45) is 8.06. The third-order valence-corrected chi connectivity index (χ3v) is 14.1. The Morgan fingerprint density at radius 1 is 0.681 bits per heavy atom. The number of nitrogens with zero attached hydrogens (tertiary/aromatic N) is 4. The fraction of sp³-hybridized carbons (Fsp3) is 0.396. The molecule has 4 atom stereocenters. The predicted molar refractivity (Wildman–Crippen MR) is 257 cm³/mol. The van der Waals surface area contributed by atoms with Gasteiger partial charge in [-0.05, 0) is 89.6 Å². The van der Waals surface area contributed by atoms with E-state index in [1.807, 2.05) is 52.5 Å². The fourth-order valence-corrected chi connectivity index (χ4v) is 10.4. The van der Waals surface area contributed by atoms with E-state index in [-0.39, 0.29) is 35.9 Å². The summed E-state index contributed by atoms with van der Waals surface area (Å²) in [6, 6.07) is 28.3. The predicted octanol–water partition coefficient (Wildman–Crippen LogP) is 8.41. The van der Waals surface area contributed by atoms with E-state index in [1.54, 1.807) is 0 Å². The molecule has 6 heterocycles. The number of nitrogens with one attached hydrogen (secondary N) is 4. The van der Waals surface area contributed by atoms with Crippen molar-refractivity contribution in [3.63, 3.8) is 0 Å². The molecular weight excluding hydrogens is 877 g/mol. The summed E-state index contributed by atoms with van der Waals surface area (Å²) in [5.74, 6) is 1.08. The number of methoxy groups -OCH3 is 1. The molecule has 6 aromatic rings. The van der Waals surface area contributed by atoms with Crippen LogP contribution in [0.1, 0.15) is 86.7 Å². The molecule has 0 saturated carbocycles. The molecule has 0 radical (unpaired) electrons. The molecule has 4 saturated heterocycles. The number of aromatic nitrogens is 4. The zero-order chi connectivity index (χ0) is 47.3. The van der Waals surface area contributed by atoms with Crippen molar-refractivity contribution < 1.29 is 38.1 Å². The molecule has 1 unspecified atom stereocenters. The van der Waals surface area contributed by atoms with Crippen LogP contribution in [-0.4, -0.2) is 113 Å². The van der Waals surface area contributed by atoms with Gasteiger partial charge in [-0.2, -0.15) is 0 Å². The van der Waals surface area contributed by atoms with E-state index in [0.29, 0.717) is 76.6 Å². The van der Waals surface area contributed by atoms with E-state index in [4.69, 9.17) is 28.9 Å². The number of alkyl carbamates (subject to hydrolysis) is 2. The molecule has 358 valence electrons. The van der Waals surface area contributed by atoms with Gasteiger partial charge < -0.3 is 49.3 Å². The topological polar surface area (TPSA) is 193 Å². The minimum Gasteiger partial charge on any atom is -0.453 e. The molecule has 4 fully saturated rings. The number of H-pyrrole nitrogens is 2. The second-order valence-electron chi connectivity index (χ2n) is 18.4. The summed E-state index contributed by atoms with van der Waals surface area (Å²) >= 11 is 0. The summed E-state index contributed by atoms with van der Waals surface area (Å²) in [5, 5.41) is 7.87. The summed E-state index contributed by atoms with van der Waals surface area (Å²) in [5.41, 5.74) is 6.42. The van der Waals surface area contributed by atoms with Crippen LogP contribution in [0.25, 0.3) is 44.4 Å². The fourth-order valence-electron chi connectivity index (χ4n) is 10.4. The van der Waals surface area contributed by atoms with E-state index in [1.165, 1.54) is 7.11 Å². The van der Waals surface area contributed by atoms with Crippen molar-refractivity contribution >= 4 is 34.8 Å². The van der Waals surface area contributed by atoms with Crippen LogP contribution in [0.3, 0.4) is 0 Å². The van der Waals surface area contributed by atoms with Crippen LogP contribution in [0.15, 0.2) is 103 Å². The Bertz CT molecular complexity index is 2760. The van der Waals surface area contributed by atoms with Crippen molar-refractivity contribution in [3.8, 4) is 33.6 Å². The van der Waals surface area contributed by atoms with Crippen LogP contribution >= 0.6 is 0 Å². The van der Waals surface area contributed by atoms with Crippen LogP contribution in [0.2, 0.25) is 0 Å². The lowest BCUT2D eigenvalue weighted by Gasteiger charge is -2.34. The maximum absolute atomic E-state index is 14.3. The van der Waals surface area contributed by atoms with Gasteiger partial charge in [0.05, 0.1) is 50.0 Å². The Morgan fingerprint density at radius 3 is 2.01 bits per heavy atom. The van der Waals surface area contributed by atoms with Crippen LogP contribution < -0.4 is 10.6 Å². The highest BCUT2D eigenvalue weighted by Gasteiger charge is 2.41. The van der Waals surface area contributed by atoms with Crippen molar-refractivity contribution in [1.82, 2.24) is 40.4 Å². The number of fused-ring (bicyclic) bond motifs is 1. The number of imidazole rings is 2. The molecule has 2 aromatic heterocycles. The van der Waals surface area contributed by atoms with Crippen molar-refractivity contribution in [3.05, 3.63) is 121 Å². The number of ether oxygens (including phenoxy) is 4. The molecule has 4 aliphatic rings. The number of rotatable bonds is 12. The van der Waals surface area contributed by atoms with Gasteiger partial charge in [-0.25, -0.2) is 19.6 Å².